The van der Waals surface area contributed by atoms with Crippen molar-refractivity contribution in [2.24, 2.45) is 0 Å². The number of rotatable bonds is 10. The summed E-state index contributed by atoms with van der Waals surface area (Å²) in [5.41, 5.74) is 0. The van der Waals surface area contributed by atoms with Gasteiger partial charge in [0.15, 0.2) is 19.4 Å². The average molecular weight is 248 g/mol. The van der Waals surface area contributed by atoms with Gasteiger partial charge in [0.1, 0.15) is 12.2 Å². The van der Waals surface area contributed by atoms with Crippen LogP contribution < -0.4 is 0 Å². The molecule has 100 valence electrons. The molecule has 2 saturated heterocycles. The lowest BCUT2D eigenvalue weighted by Gasteiger charge is -2.16. The molecule has 4 unspecified atom stereocenters. The van der Waals surface area contributed by atoms with Gasteiger partial charge in [-0.25, -0.2) is 0 Å². The van der Waals surface area contributed by atoms with E-state index in [9.17, 15) is 0 Å². The predicted octanol–water partition coefficient (Wildman–Crippen LogP) is 0.500. The highest BCUT2D eigenvalue weighted by Gasteiger charge is 2.24. The minimum absolute atomic E-state index is 0.152. The van der Waals surface area contributed by atoms with Gasteiger partial charge < -0.3 is 28.4 Å². The van der Waals surface area contributed by atoms with Crippen molar-refractivity contribution < 1.29 is 28.4 Å². The highest BCUT2D eigenvalue weighted by molar-refractivity contribution is 4.67. The molecule has 2 fully saturated rings. The van der Waals surface area contributed by atoms with Crippen LogP contribution in [0.25, 0.3) is 0 Å². The number of epoxide rings is 2. The monoisotopic (exact) mass is 248 g/mol. The van der Waals surface area contributed by atoms with Gasteiger partial charge in [-0.1, -0.05) is 0 Å². The maximum absolute atomic E-state index is 5.37. The zero-order valence-corrected chi connectivity index (χ0v) is 10.3. The Balaban J connectivity index is 1.40. The Hall–Kier alpha value is -0.240. The van der Waals surface area contributed by atoms with Gasteiger partial charge in [0, 0.05) is 0 Å². The topological polar surface area (TPSA) is 62.0 Å². The molecule has 0 aromatic rings. The number of ether oxygens (including phenoxy) is 6. The fourth-order valence-electron chi connectivity index (χ4n) is 1.14. The summed E-state index contributed by atoms with van der Waals surface area (Å²) >= 11 is 0. The molecule has 6 nitrogen and oxygen atoms in total. The van der Waals surface area contributed by atoms with Crippen LogP contribution in [-0.4, -0.2) is 58.0 Å². The Morgan fingerprint density at radius 2 is 1.29 bits per heavy atom. The van der Waals surface area contributed by atoms with E-state index in [0.717, 1.165) is 13.2 Å². The third kappa shape index (κ3) is 6.30. The van der Waals surface area contributed by atoms with E-state index in [1.807, 2.05) is 13.8 Å². The molecule has 0 aromatic carbocycles. The first kappa shape index (κ1) is 13.2. The van der Waals surface area contributed by atoms with Gasteiger partial charge in [-0.05, 0) is 13.8 Å². The lowest BCUT2D eigenvalue weighted by atomic mass is 10.5. The van der Waals surface area contributed by atoms with Crippen molar-refractivity contribution in [2.75, 3.05) is 33.2 Å². The lowest BCUT2D eigenvalue weighted by Crippen LogP contribution is -2.22. The van der Waals surface area contributed by atoms with Gasteiger partial charge in [-0.3, -0.25) is 0 Å². The quantitative estimate of drug-likeness (QED) is 0.414. The van der Waals surface area contributed by atoms with E-state index in [2.05, 4.69) is 0 Å². The van der Waals surface area contributed by atoms with Crippen LogP contribution in [-0.2, 0) is 28.4 Å². The molecule has 4 atom stereocenters. The maximum Gasteiger partial charge on any atom is 0.157 e. The van der Waals surface area contributed by atoms with Crippen LogP contribution in [0, 0.1) is 0 Å². The molecule has 0 saturated carbocycles. The van der Waals surface area contributed by atoms with E-state index in [1.165, 1.54) is 0 Å². The highest BCUT2D eigenvalue weighted by Crippen LogP contribution is 2.11. The lowest BCUT2D eigenvalue weighted by molar-refractivity contribution is -0.237. The largest absolute Gasteiger partial charge is 0.371 e. The summed E-state index contributed by atoms with van der Waals surface area (Å²) in [4.78, 5) is 0. The summed E-state index contributed by atoms with van der Waals surface area (Å²) in [6, 6.07) is 0. The van der Waals surface area contributed by atoms with E-state index in [1.54, 1.807) is 0 Å². The molecule has 0 aromatic heterocycles. The minimum atomic E-state index is -0.293. The molecule has 0 amide bonds. The van der Waals surface area contributed by atoms with Crippen molar-refractivity contribution in [2.45, 2.75) is 38.6 Å². The Labute approximate surface area is 101 Å². The first-order valence-electron chi connectivity index (χ1n) is 5.93. The molecule has 2 aliphatic rings. The van der Waals surface area contributed by atoms with Crippen LogP contribution in [0.3, 0.4) is 0 Å². The van der Waals surface area contributed by atoms with Crippen molar-refractivity contribution >= 4 is 0 Å². The zero-order valence-electron chi connectivity index (χ0n) is 10.3. The Kier molecular flexibility index (Phi) is 5.15. The van der Waals surface area contributed by atoms with Crippen molar-refractivity contribution in [3.63, 3.8) is 0 Å². The van der Waals surface area contributed by atoms with Gasteiger partial charge in [-0.2, -0.15) is 0 Å². The molecular formula is C11H20O6. The van der Waals surface area contributed by atoms with Gasteiger partial charge >= 0.3 is 0 Å². The zero-order chi connectivity index (χ0) is 12.1. The Bertz CT molecular complexity index is 194. The summed E-state index contributed by atoms with van der Waals surface area (Å²) in [6.45, 7) is 6.54. The molecule has 0 spiro atoms. The van der Waals surface area contributed by atoms with Crippen molar-refractivity contribution in [3.8, 4) is 0 Å². The van der Waals surface area contributed by atoms with Crippen LogP contribution in [0.2, 0.25) is 0 Å². The summed E-state index contributed by atoms with van der Waals surface area (Å²) in [7, 11) is 0. The minimum Gasteiger partial charge on any atom is -0.371 e. The van der Waals surface area contributed by atoms with Crippen molar-refractivity contribution in [1.29, 1.82) is 0 Å². The molecule has 2 aliphatic heterocycles. The van der Waals surface area contributed by atoms with E-state index in [4.69, 9.17) is 28.4 Å². The third-order valence-electron chi connectivity index (χ3n) is 2.44. The molecule has 2 rings (SSSR count). The normalized spacial score (nSPS) is 30.0. The highest BCUT2D eigenvalue weighted by atomic mass is 16.8. The molecule has 17 heavy (non-hydrogen) atoms. The number of hydrogen-bond donors (Lipinski definition) is 0. The van der Waals surface area contributed by atoms with Gasteiger partial charge in [0.05, 0.1) is 26.4 Å². The second-order valence-electron chi connectivity index (χ2n) is 4.16. The molecular weight excluding hydrogens is 228 g/mol. The first-order valence-corrected chi connectivity index (χ1v) is 5.93. The molecule has 0 bridgehead atoms. The smallest absolute Gasteiger partial charge is 0.157 e. The Morgan fingerprint density at radius 1 is 0.882 bits per heavy atom. The van der Waals surface area contributed by atoms with E-state index < -0.39 is 0 Å². The van der Waals surface area contributed by atoms with Crippen LogP contribution in [0.1, 0.15) is 13.8 Å². The van der Waals surface area contributed by atoms with E-state index in [0.29, 0.717) is 13.2 Å². The van der Waals surface area contributed by atoms with Crippen molar-refractivity contribution in [1.82, 2.24) is 0 Å². The molecule has 0 N–H and O–H groups in total. The van der Waals surface area contributed by atoms with Crippen LogP contribution in [0.4, 0.5) is 0 Å². The molecule has 6 heteroatoms. The maximum atomic E-state index is 5.37. The summed E-state index contributed by atoms with van der Waals surface area (Å²) in [5, 5.41) is 0. The second kappa shape index (κ2) is 6.63. The van der Waals surface area contributed by atoms with Crippen LogP contribution in [0.5, 0.6) is 0 Å². The SMILES string of the molecule is CC(OCOC(C)OCC1CO1)OCC1CO1. The third-order valence-corrected chi connectivity index (χ3v) is 2.44. The van der Waals surface area contributed by atoms with Crippen LogP contribution in [0.15, 0.2) is 0 Å². The second-order valence-corrected chi connectivity index (χ2v) is 4.16. The average Bonchev–Trinajstić information content (AvgIpc) is 3.16. The predicted molar refractivity (Wildman–Crippen MR) is 57.3 cm³/mol. The van der Waals surface area contributed by atoms with Crippen LogP contribution >= 0.6 is 0 Å². The Morgan fingerprint density at radius 3 is 1.65 bits per heavy atom. The number of hydrogen-bond acceptors (Lipinski definition) is 6. The summed E-state index contributed by atoms with van der Waals surface area (Å²) in [5.74, 6) is 0. The summed E-state index contributed by atoms with van der Waals surface area (Å²) < 4.78 is 31.4. The summed E-state index contributed by atoms with van der Waals surface area (Å²) in [6.07, 6.45) is -0.0816. The van der Waals surface area contributed by atoms with Gasteiger partial charge in [-0.15, -0.1) is 0 Å². The van der Waals surface area contributed by atoms with E-state index in [-0.39, 0.29) is 31.6 Å². The molecule has 2 heterocycles. The van der Waals surface area contributed by atoms with E-state index >= 15 is 0 Å². The standard InChI is InChI=1S/C11H20O6/c1-8(12-3-10-5-14-10)16-7-17-9(2)13-4-11-6-15-11/h8-11H,3-7H2,1-2H3. The van der Waals surface area contributed by atoms with Crippen molar-refractivity contribution in [3.05, 3.63) is 0 Å². The molecule has 0 aliphatic carbocycles. The fraction of sp³-hybridized carbons (Fsp3) is 1.00. The molecule has 0 radical (unpaired) electrons. The van der Waals surface area contributed by atoms with Gasteiger partial charge in [0.2, 0.25) is 0 Å². The van der Waals surface area contributed by atoms with Gasteiger partial charge in [0.25, 0.3) is 0 Å². The first-order chi connectivity index (χ1) is 8.24. The fourth-order valence-corrected chi connectivity index (χ4v) is 1.14.